The highest BCUT2D eigenvalue weighted by Crippen LogP contribution is 2.34. The van der Waals surface area contributed by atoms with Crippen LogP contribution in [0.25, 0.3) is 0 Å². The van der Waals surface area contributed by atoms with Crippen LogP contribution >= 0.6 is 0 Å². The molecular weight excluding hydrogens is 168 g/mol. The van der Waals surface area contributed by atoms with Gasteiger partial charge < -0.3 is 15.4 Å². The van der Waals surface area contributed by atoms with E-state index in [2.05, 4.69) is 10.6 Å². The number of hydrogen-bond acceptors (Lipinski definition) is 3. The van der Waals surface area contributed by atoms with Crippen LogP contribution in [-0.4, -0.2) is 37.7 Å². The third-order valence-corrected chi connectivity index (χ3v) is 3.05. The molecule has 0 spiro atoms. The Hall–Kier alpha value is -0.610. The molecule has 2 heterocycles. The van der Waals surface area contributed by atoms with Gasteiger partial charge in [-0.15, -0.1) is 0 Å². The lowest BCUT2D eigenvalue weighted by Gasteiger charge is -2.27. The van der Waals surface area contributed by atoms with Crippen LogP contribution in [0.4, 0.5) is 0 Å². The average Bonchev–Trinajstić information content (AvgIpc) is 2.57. The molecule has 2 aliphatic rings. The molecule has 1 amide bonds. The van der Waals surface area contributed by atoms with Crippen molar-refractivity contribution in [3.63, 3.8) is 0 Å². The summed E-state index contributed by atoms with van der Waals surface area (Å²) >= 11 is 0. The molecule has 0 aromatic rings. The van der Waals surface area contributed by atoms with E-state index in [4.69, 9.17) is 4.74 Å². The van der Waals surface area contributed by atoms with E-state index in [1.165, 1.54) is 0 Å². The fraction of sp³-hybridized carbons (Fsp3) is 0.889. The van der Waals surface area contributed by atoms with Crippen LogP contribution in [0, 0.1) is 5.92 Å². The van der Waals surface area contributed by atoms with Gasteiger partial charge in [0.1, 0.15) is 5.60 Å². The molecule has 0 bridgehead atoms. The zero-order valence-corrected chi connectivity index (χ0v) is 7.93. The fourth-order valence-corrected chi connectivity index (χ4v) is 2.26. The Bertz CT molecular complexity index is 208. The summed E-state index contributed by atoms with van der Waals surface area (Å²) in [5.74, 6) is 0.606. The minimum atomic E-state index is -0.105. The summed E-state index contributed by atoms with van der Waals surface area (Å²) in [5, 5.41) is 6.16. The number of fused-ring (bicyclic) bond motifs is 1. The molecular formula is C9H16N2O2. The molecule has 0 saturated carbocycles. The Kier molecular flexibility index (Phi) is 2.26. The van der Waals surface area contributed by atoms with Crippen molar-refractivity contribution in [2.75, 3.05) is 26.2 Å². The van der Waals surface area contributed by atoms with E-state index in [1.54, 1.807) is 6.92 Å². The van der Waals surface area contributed by atoms with Crippen molar-refractivity contribution in [2.24, 2.45) is 5.92 Å². The summed E-state index contributed by atoms with van der Waals surface area (Å²) in [6.07, 6.45) is 1.12. The second kappa shape index (κ2) is 3.27. The Morgan fingerprint density at radius 3 is 3.38 bits per heavy atom. The SMILES string of the molecule is CC(=O)NC[C@@]12CNC[C@@H]1CCO2. The van der Waals surface area contributed by atoms with E-state index in [0.717, 1.165) is 26.1 Å². The van der Waals surface area contributed by atoms with Crippen molar-refractivity contribution in [1.82, 2.24) is 10.6 Å². The van der Waals surface area contributed by atoms with Gasteiger partial charge >= 0.3 is 0 Å². The first-order valence-corrected chi connectivity index (χ1v) is 4.82. The molecule has 2 N–H and O–H groups in total. The molecule has 2 atom stereocenters. The van der Waals surface area contributed by atoms with Gasteiger partial charge in [0.2, 0.25) is 5.91 Å². The van der Waals surface area contributed by atoms with Gasteiger partial charge in [-0.25, -0.2) is 0 Å². The summed E-state index contributed by atoms with van der Waals surface area (Å²) in [6, 6.07) is 0. The Labute approximate surface area is 78.0 Å². The largest absolute Gasteiger partial charge is 0.371 e. The number of amides is 1. The molecule has 2 rings (SSSR count). The van der Waals surface area contributed by atoms with E-state index >= 15 is 0 Å². The third kappa shape index (κ3) is 1.56. The van der Waals surface area contributed by atoms with Gasteiger partial charge in [-0.2, -0.15) is 0 Å². The zero-order chi connectivity index (χ0) is 9.31. The van der Waals surface area contributed by atoms with Gasteiger partial charge in [-0.1, -0.05) is 0 Å². The minimum Gasteiger partial charge on any atom is -0.371 e. The van der Waals surface area contributed by atoms with E-state index in [0.29, 0.717) is 12.5 Å². The number of ether oxygens (including phenoxy) is 1. The smallest absolute Gasteiger partial charge is 0.216 e. The fourth-order valence-electron chi connectivity index (χ4n) is 2.26. The van der Waals surface area contributed by atoms with E-state index < -0.39 is 0 Å². The maximum atomic E-state index is 10.8. The molecule has 13 heavy (non-hydrogen) atoms. The van der Waals surface area contributed by atoms with Crippen LogP contribution in [-0.2, 0) is 9.53 Å². The summed E-state index contributed by atoms with van der Waals surface area (Å²) in [5.41, 5.74) is -0.105. The maximum Gasteiger partial charge on any atom is 0.216 e. The van der Waals surface area contributed by atoms with Crippen LogP contribution in [0.5, 0.6) is 0 Å². The van der Waals surface area contributed by atoms with Gasteiger partial charge in [0, 0.05) is 39.1 Å². The van der Waals surface area contributed by atoms with Crippen LogP contribution in [0.1, 0.15) is 13.3 Å². The topological polar surface area (TPSA) is 50.4 Å². The summed E-state index contributed by atoms with van der Waals surface area (Å²) < 4.78 is 5.74. The Balaban J connectivity index is 1.97. The van der Waals surface area contributed by atoms with Crippen molar-refractivity contribution in [3.8, 4) is 0 Å². The van der Waals surface area contributed by atoms with Gasteiger partial charge in [-0.3, -0.25) is 4.79 Å². The molecule has 2 saturated heterocycles. The predicted octanol–water partition coefficient (Wildman–Crippen LogP) is -0.499. The first-order valence-electron chi connectivity index (χ1n) is 4.82. The van der Waals surface area contributed by atoms with E-state index in [-0.39, 0.29) is 11.5 Å². The molecule has 4 heteroatoms. The molecule has 4 nitrogen and oxygen atoms in total. The van der Waals surface area contributed by atoms with Crippen LogP contribution in [0.2, 0.25) is 0 Å². The lowest BCUT2D eigenvalue weighted by atomic mass is 9.91. The maximum absolute atomic E-state index is 10.8. The average molecular weight is 184 g/mol. The summed E-state index contributed by atoms with van der Waals surface area (Å²) in [4.78, 5) is 10.8. The number of hydrogen-bond donors (Lipinski definition) is 2. The molecule has 0 aromatic carbocycles. The number of carbonyl (C=O) groups excluding carboxylic acids is 1. The predicted molar refractivity (Wildman–Crippen MR) is 48.3 cm³/mol. The highest BCUT2D eigenvalue weighted by atomic mass is 16.5. The molecule has 74 valence electrons. The minimum absolute atomic E-state index is 0.0236. The number of rotatable bonds is 2. The number of nitrogens with one attached hydrogen (secondary N) is 2. The Morgan fingerprint density at radius 2 is 2.62 bits per heavy atom. The van der Waals surface area contributed by atoms with Crippen molar-refractivity contribution in [2.45, 2.75) is 18.9 Å². The first kappa shape index (κ1) is 8.97. The molecule has 0 aliphatic carbocycles. The van der Waals surface area contributed by atoms with Gasteiger partial charge in [-0.05, 0) is 6.42 Å². The molecule has 0 radical (unpaired) electrons. The first-order chi connectivity index (χ1) is 6.23. The van der Waals surface area contributed by atoms with Gasteiger partial charge in [0.05, 0.1) is 0 Å². The highest BCUT2D eigenvalue weighted by molar-refractivity contribution is 5.72. The molecule has 2 aliphatic heterocycles. The van der Waals surface area contributed by atoms with Crippen LogP contribution in [0.3, 0.4) is 0 Å². The van der Waals surface area contributed by atoms with Gasteiger partial charge in [0.15, 0.2) is 0 Å². The normalized spacial score (nSPS) is 37.5. The van der Waals surface area contributed by atoms with Crippen LogP contribution in [0.15, 0.2) is 0 Å². The second-order valence-corrected chi connectivity index (χ2v) is 3.94. The van der Waals surface area contributed by atoms with E-state index in [1.807, 2.05) is 0 Å². The molecule has 2 fully saturated rings. The quantitative estimate of drug-likeness (QED) is 0.608. The van der Waals surface area contributed by atoms with Crippen LogP contribution < -0.4 is 10.6 Å². The summed E-state index contributed by atoms with van der Waals surface area (Å²) in [6.45, 7) is 4.94. The van der Waals surface area contributed by atoms with Crippen molar-refractivity contribution in [1.29, 1.82) is 0 Å². The molecule has 0 unspecified atom stereocenters. The lowest BCUT2D eigenvalue weighted by molar-refractivity contribution is -0.120. The summed E-state index contributed by atoms with van der Waals surface area (Å²) in [7, 11) is 0. The monoisotopic (exact) mass is 184 g/mol. The zero-order valence-electron chi connectivity index (χ0n) is 7.93. The molecule has 0 aromatic heterocycles. The van der Waals surface area contributed by atoms with E-state index in [9.17, 15) is 4.79 Å². The van der Waals surface area contributed by atoms with Crippen molar-refractivity contribution >= 4 is 5.91 Å². The Morgan fingerprint density at radius 1 is 1.77 bits per heavy atom. The third-order valence-electron chi connectivity index (χ3n) is 3.05. The van der Waals surface area contributed by atoms with Crippen molar-refractivity contribution in [3.05, 3.63) is 0 Å². The second-order valence-electron chi connectivity index (χ2n) is 3.94. The lowest BCUT2D eigenvalue weighted by Crippen LogP contribution is -2.47. The standard InChI is InChI=1S/C9H16N2O2/c1-7(12)11-6-9-5-10-4-8(9)2-3-13-9/h8,10H,2-6H2,1H3,(H,11,12)/t8-,9-/m0/s1. The van der Waals surface area contributed by atoms with Crippen molar-refractivity contribution < 1.29 is 9.53 Å². The number of carbonyl (C=O) groups is 1. The highest BCUT2D eigenvalue weighted by Gasteiger charge is 2.47. The van der Waals surface area contributed by atoms with Gasteiger partial charge in [0.25, 0.3) is 0 Å².